The maximum absolute atomic E-state index is 11.0. The molecule has 1 N–H and O–H groups in total. The lowest BCUT2D eigenvalue weighted by molar-refractivity contribution is -0.138. The smallest absolute Gasteiger partial charge is 0.310 e. The van der Waals surface area contributed by atoms with E-state index in [9.17, 15) is 4.79 Å². The van der Waals surface area contributed by atoms with Gasteiger partial charge in [0.1, 0.15) is 11.4 Å². The van der Waals surface area contributed by atoms with Crippen LogP contribution >= 0.6 is 0 Å². The molecule has 0 radical (unpaired) electrons. The normalized spacial score (nSPS) is 12.3. The maximum Gasteiger partial charge on any atom is 0.310 e. The zero-order chi connectivity index (χ0) is 15.7. The van der Waals surface area contributed by atoms with Gasteiger partial charge in [0.15, 0.2) is 0 Å². The zero-order valence-electron chi connectivity index (χ0n) is 12.4. The van der Waals surface area contributed by atoms with Crippen molar-refractivity contribution < 1.29 is 14.6 Å². The fraction of sp³-hybridized carbons (Fsp3) is 0.176. The van der Waals surface area contributed by atoms with Gasteiger partial charge in [0.25, 0.3) is 0 Å². The number of imidazole rings is 1. The predicted molar refractivity (Wildman–Crippen MR) is 83.2 cm³/mol. The van der Waals surface area contributed by atoms with Gasteiger partial charge in [0.05, 0.1) is 18.7 Å². The van der Waals surface area contributed by atoms with Crippen LogP contribution in [0.15, 0.2) is 48.8 Å². The summed E-state index contributed by atoms with van der Waals surface area (Å²) in [6.45, 7) is 1.68. The second kappa shape index (κ2) is 5.52. The Morgan fingerprint density at radius 3 is 2.64 bits per heavy atom. The summed E-state index contributed by atoms with van der Waals surface area (Å²) in [6, 6.07) is 11.2. The number of carbonyl (C=O) groups is 1. The molecule has 5 heteroatoms. The van der Waals surface area contributed by atoms with Crippen LogP contribution in [0.3, 0.4) is 0 Å². The fourth-order valence-electron chi connectivity index (χ4n) is 2.31. The van der Waals surface area contributed by atoms with Crippen molar-refractivity contribution in [2.24, 2.45) is 0 Å². The maximum atomic E-state index is 11.0. The number of hydrogen-bond acceptors (Lipinski definition) is 3. The molecule has 0 amide bonds. The molecule has 2 aromatic heterocycles. The number of fused-ring (bicyclic) bond motifs is 1. The van der Waals surface area contributed by atoms with Crippen molar-refractivity contribution in [2.45, 2.75) is 12.8 Å². The first-order valence-corrected chi connectivity index (χ1v) is 6.94. The molecule has 1 aromatic carbocycles. The topological polar surface area (TPSA) is 63.8 Å². The quantitative estimate of drug-likeness (QED) is 0.803. The number of aliphatic carboxylic acids is 1. The van der Waals surface area contributed by atoms with E-state index in [-0.39, 0.29) is 0 Å². The second-order valence-corrected chi connectivity index (χ2v) is 5.14. The van der Waals surface area contributed by atoms with Crippen molar-refractivity contribution in [3.8, 4) is 17.0 Å². The van der Waals surface area contributed by atoms with Gasteiger partial charge in [-0.15, -0.1) is 0 Å². The lowest BCUT2D eigenvalue weighted by atomic mass is 9.99. The molecular formula is C17H16N2O3. The molecule has 0 aliphatic heterocycles. The van der Waals surface area contributed by atoms with Gasteiger partial charge >= 0.3 is 5.97 Å². The van der Waals surface area contributed by atoms with Gasteiger partial charge in [-0.2, -0.15) is 0 Å². The predicted octanol–water partition coefficient (Wildman–Crippen LogP) is 3.20. The molecular weight excluding hydrogens is 280 g/mol. The number of rotatable bonds is 4. The van der Waals surface area contributed by atoms with Gasteiger partial charge in [-0.25, -0.2) is 4.98 Å². The summed E-state index contributed by atoms with van der Waals surface area (Å²) in [5, 5.41) is 9.04. The third-order valence-electron chi connectivity index (χ3n) is 3.74. The molecule has 112 valence electrons. The number of nitrogens with zero attached hydrogens (tertiary/aromatic N) is 2. The van der Waals surface area contributed by atoms with Crippen LogP contribution in [0, 0.1) is 0 Å². The molecule has 5 nitrogen and oxygen atoms in total. The Morgan fingerprint density at radius 1 is 1.27 bits per heavy atom. The number of pyridine rings is 1. The largest absolute Gasteiger partial charge is 0.497 e. The Balaban J connectivity index is 1.95. The molecule has 0 fully saturated rings. The third kappa shape index (κ3) is 2.53. The molecule has 3 aromatic rings. The van der Waals surface area contributed by atoms with Crippen molar-refractivity contribution in [1.29, 1.82) is 0 Å². The summed E-state index contributed by atoms with van der Waals surface area (Å²) in [7, 11) is 1.62. The first kappa shape index (κ1) is 14.1. The number of carboxylic acids is 1. The van der Waals surface area contributed by atoms with Crippen LogP contribution in [-0.2, 0) is 4.79 Å². The Labute approximate surface area is 127 Å². The highest BCUT2D eigenvalue weighted by atomic mass is 16.5. The highest BCUT2D eigenvalue weighted by Crippen LogP contribution is 2.24. The van der Waals surface area contributed by atoms with E-state index in [2.05, 4.69) is 4.98 Å². The van der Waals surface area contributed by atoms with Crippen LogP contribution in [0.25, 0.3) is 16.9 Å². The first-order chi connectivity index (χ1) is 10.6. The summed E-state index contributed by atoms with van der Waals surface area (Å²) in [4.78, 5) is 15.6. The van der Waals surface area contributed by atoms with Gasteiger partial charge in [0.2, 0.25) is 0 Å². The minimum atomic E-state index is -0.826. The van der Waals surface area contributed by atoms with Crippen molar-refractivity contribution in [3.05, 3.63) is 54.4 Å². The van der Waals surface area contributed by atoms with Gasteiger partial charge in [-0.05, 0) is 18.6 Å². The van der Waals surface area contributed by atoms with Crippen LogP contribution in [-0.4, -0.2) is 27.6 Å². The van der Waals surface area contributed by atoms with E-state index in [1.165, 1.54) is 0 Å². The molecule has 0 saturated heterocycles. The Bertz CT molecular complexity index is 822. The first-order valence-electron chi connectivity index (χ1n) is 6.94. The van der Waals surface area contributed by atoms with Crippen molar-refractivity contribution in [2.75, 3.05) is 7.11 Å². The van der Waals surface area contributed by atoms with E-state index in [1.54, 1.807) is 14.0 Å². The lowest BCUT2D eigenvalue weighted by Gasteiger charge is -2.06. The summed E-state index contributed by atoms with van der Waals surface area (Å²) >= 11 is 0. The SMILES string of the molecule is COc1ccn2cc(-c3ccc(C(C)C(=O)O)cc3)nc2c1. The van der Waals surface area contributed by atoms with Crippen LogP contribution in [0.1, 0.15) is 18.4 Å². The minimum Gasteiger partial charge on any atom is -0.497 e. The summed E-state index contributed by atoms with van der Waals surface area (Å²) in [6.07, 6.45) is 3.83. The van der Waals surface area contributed by atoms with Crippen LogP contribution in [0.5, 0.6) is 5.75 Å². The molecule has 0 aliphatic carbocycles. The van der Waals surface area contributed by atoms with E-state index >= 15 is 0 Å². The highest BCUT2D eigenvalue weighted by molar-refractivity contribution is 5.76. The van der Waals surface area contributed by atoms with Gasteiger partial charge in [-0.1, -0.05) is 24.3 Å². The number of ether oxygens (including phenoxy) is 1. The number of carboxylic acid groups (broad SMARTS) is 1. The number of aromatic nitrogens is 2. The van der Waals surface area contributed by atoms with E-state index in [4.69, 9.17) is 9.84 Å². The fourth-order valence-corrected chi connectivity index (χ4v) is 2.31. The molecule has 1 unspecified atom stereocenters. The Morgan fingerprint density at radius 2 is 2.00 bits per heavy atom. The lowest BCUT2D eigenvalue weighted by Crippen LogP contribution is -2.06. The molecule has 0 aliphatic rings. The molecule has 0 saturated carbocycles. The standard InChI is InChI=1S/C17H16N2O3/c1-11(17(20)21)12-3-5-13(6-4-12)15-10-19-8-7-14(22-2)9-16(19)18-15/h3-11H,1-2H3,(H,20,21). The molecule has 1 atom stereocenters. The number of methoxy groups -OCH3 is 1. The monoisotopic (exact) mass is 296 g/mol. The summed E-state index contributed by atoms with van der Waals surface area (Å²) < 4.78 is 7.12. The molecule has 0 bridgehead atoms. The number of benzene rings is 1. The average Bonchev–Trinajstić information content (AvgIpc) is 2.97. The minimum absolute atomic E-state index is 0.514. The molecule has 3 rings (SSSR count). The van der Waals surface area contributed by atoms with Crippen LogP contribution in [0.4, 0.5) is 0 Å². The van der Waals surface area contributed by atoms with Crippen molar-refractivity contribution in [3.63, 3.8) is 0 Å². The van der Waals surface area contributed by atoms with Gasteiger partial charge in [0, 0.05) is 24.0 Å². The second-order valence-electron chi connectivity index (χ2n) is 5.14. The van der Waals surface area contributed by atoms with E-state index in [0.717, 1.165) is 28.2 Å². The molecule has 0 spiro atoms. The highest BCUT2D eigenvalue weighted by Gasteiger charge is 2.13. The van der Waals surface area contributed by atoms with Crippen LogP contribution in [0.2, 0.25) is 0 Å². The summed E-state index contributed by atoms with van der Waals surface area (Å²) in [5.74, 6) is -0.581. The number of hydrogen-bond donors (Lipinski definition) is 1. The zero-order valence-corrected chi connectivity index (χ0v) is 12.4. The Hall–Kier alpha value is -2.82. The third-order valence-corrected chi connectivity index (χ3v) is 3.74. The van der Waals surface area contributed by atoms with Crippen molar-refractivity contribution >= 4 is 11.6 Å². The summed E-state index contributed by atoms with van der Waals surface area (Å²) in [5.41, 5.74) is 3.37. The van der Waals surface area contributed by atoms with Crippen molar-refractivity contribution in [1.82, 2.24) is 9.38 Å². The van der Waals surface area contributed by atoms with E-state index in [1.807, 2.05) is 53.2 Å². The van der Waals surface area contributed by atoms with Gasteiger partial charge in [-0.3, -0.25) is 4.79 Å². The molecule has 22 heavy (non-hydrogen) atoms. The van der Waals surface area contributed by atoms with E-state index in [0.29, 0.717) is 0 Å². The average molecular weight is 296 g/mol. The van der Waals surface area contributed by atoms with Crippen LogP contribution < -0.4 is 4.74 Å². The van der Waals surface area contributed by atoms with E-state index < -0.39 is 11.9 Å². The Kier molecular flexibility index (Phi) is 3.55. The molecule has 2 heterocycles. The van der Waals surface area contributed by atoms with Gasteiger partial charge < -0.3 is 14.2 Å².